The molecule has 1 atom stereocenters. The summed E-state index contributed by atoms with van der Waals surface area (Å²) in [6.45, 7) is -0.0995. The van der Waals surface area contributed by atoms with E-state index in [9.17, 15) is 10.1 Å². The van der Waals surface area contributed by atoms with E-state index in [-0.39, 0.29) is 18.0 Å². The van der Waals surface area contributed by atoms with Gasteiger partial charge in [0.2, 0.25) is 0 Å². The molecular weight excluding hydrogens is 282 g/mol. The molecule has 0 heterocycles. The van der Waals surface area contributed by atoms with E-state index in [1.54, 1.807) is 0 Å². The number of rotatable bonds is 3. The van der Waals surface area contributed by atoms with Crippen molar-refractivity contribution in [2.75, 3.05) is 12.3 Å². The zero-order valence-corrected chi connectivity index (χ0v) is 10.9. The summed E-state index contributed by atoms with van der Waals surface area (Å²) in [6.07, 6.45) is 0.299. The van der Waals surface area contributed by atoms with Gasteiger partial charge in [-0.2, -0.15) is 0 Å². The molecular formula is C8H10AsClN2O3. The summed E-state index contributed by atoms with van der Waals surface area (Å²) in [6, 6.07) is 1.35. The number of hydrogen-bond donors (Lipinski definition) is 2. The summed E-state index contributed by atoms with van der Waals surface area (Å²) >= 11 is 6.96. The molecule has 0 amide bonds. The summed E-state index contributed by atoms with van der Waals surface area (Å²) in [5.41, 5.74) is 6.06. The molecule has 0 aromatic heterocycles. The fraction of sp³-hybridized carbons (Fsp3) is 0.250. The Morgan fingerprint density at radius 1 is 1.67 bits per heavy atom. The van der Waals surface area contributed by atoms with E-state index in [1.165, 1.54) is 6.07 Å². The molecule has 82 valence electrons. The number of halogens is 1. The van der Waals surface area contributed by atoms with Gasteiger partial charge in [0, 0.05) is 0 Å². The van der Waals surface area contributed by atoms with Crippen molar-refractivity contribution in [3.63, 3.8) is 0 Å². The first-order valence-electron chi connectivity index (χ1n) is 4.10. The van der Waals surface area contributed by atoms with E-state index in [1.807, 2.05) is 0 Å². The molecule has 0 spiro atoms. The van der Waals surface area contributed by atoms with Gasteiger partial charge in [0.25, 0.3) is 0 Å². The monoisotopic (exact) mass is 292 g/mol. The predicted octanol–water partition coefficient (Wildman–Crippen LogP) is -0.376. The van der Waals surface area contributed by atoms with Crippen molar-refractivity contribution in [2.24, 2.45) is 0 Å². The predicted molar refractivity (Wildman–Crippen MR) is 61.5 cm³/mol. The van der Waals surface area contributed by atoms with E-state index in [0.717, 1.165) is 16.9 Å². The van der Waals surface area contributed by atoms with Crippen LogP contribution in [0.25, 0.3) is 0 Å². The summed E-state index contributed by atoms with van der Waals surface area (Å²) in [7, 11) is 0. The molecule has 1 aromatic carbocycles. The summed E-state index contributed by atoms with van der Waals surface area (Å²) in [5, 5.41) is 19.9. The van der Waals surface area contributed by atoms with E-state index in [4.69, 9.17) is 22.4 Å². The van der Waals surface area contributed by atoms with E-state index < -0.39 is 4.92 Å². The molecule has 15 heavy (non-hydrogen) atoms. The van der Waals surface area contributed by atoms with E-state index in [0.29, 0.717) is 21.4 Å². The van der Waals surface area contributed by atoms with E-state index >= 15 is 0 Å². The minimum absolute atomic E-state index is 0.0612. The molecule has 7 heteroatoms. The third-order valence-corrected chi connectivity index (χ3v) is 3.61. The van der Waals surface area contributed by atoms with Crippen LogP contribution in [0, 0.1) is 10.1 Å². The standard InChI is InChI=1S/C8H10AsClN2O3/c9-7-4(1-2-13)5(10)3-6(11)8(7)12(14)15/h3,13H,1-2,9,11H2. The van der Waals surface area contributed by atoms with Crippen molar-refractivity contribution in [3.8, 4) is 0 Å². The number of aliphatic hydroxyl groups is 1. The Labute approximate surface area is 99.9 Å². The van der Waals surface area contributed by atoms with Crippen molar-refractivity contribution in [3.05, 3.63) is 26.8 Å². The third kappa shape index (κ3) is 2.42. The van der Waals surface area contributed by atoms with Crippen LogP contribution in [0.5, 0.6) is 0 Å². The second-order valence-corrected chi connectivity index (χ2v) is 4.54. The van der Waals surface area contributed by atoms with Gasteiger partial charge in [-0.1, -0.05) is 0 Å². The molecule has 0 radical (unpaired) electrons. The molecule has 1 rings (SSSR count). The molecule has 0 saturated heterocycles. The van der Waals surface area contributed by atoms with Crippen LogP contribution in [-0.2, 0) is 6.42 Å². The zero-order chi connectivity index (χ0) is 11.6. The van der Waals surface area contributed by atoms with Gasteiger partial charge in [-0.25, -0.2) is 0 Å². The molecule has 0 fully saturated rings. The quantitative estimate of drug-likeness (QED) is 0.344. The maximum atomic E-state index is 10.7. The van der Waals surface area contributed by atoms with Gasteiger partial charge in [-0.15, -0.1) is 0 Å². The molecule has 0 saturated carbocycles. The Bertz CT molecular complexity index is 411. The number of nitro benzene ring substituents is 1. The summed E-state index contributed by atoms with van der Waals surface area (Å²) < 4.78 is 0.478. The number of aliphatic hydroxyl groups excluding tert-OH is 1. The third-order valence-electron chi connectivity index (χ3n) is 1.97. The van der Waals surface area contributed by atoms with Crippen molar-refractivity contribution < 1.29 is 10.0 Å². The number of nitro groups is 1. The van der Waals surface area contributed by atoms with Gasteiger partial charge in [-0.05, 0) is 0 Å². The Kier molecular flexibility index (Phi) is 3.96. The molecule has 5 nitrogen and oxygen atoms in total. The number of nitrogens with zero attached hydrogens (tertiary/aromatic N) is 1. The topological polar surface area (TPSA) is 89.4 Å². The second-order valence-electron chi connectivity index (χ2n) is 2.92. The fourth-order valence-corrected chi connectivity index (χ4v) is 2.99. The summed E-state index contributed by atoms with van der Waals surface area (Å²) in [5.74, 6) is 0. The summed E-state index contributed by atoms with van der Waals surface area (Å²) in [4.78, 5) is 10.2. The second kappa shape index (κ2) is 4.83. The van der Waals surface area contributed by atoms with Crippen LogP contribution in [-0.4, -0.2) is 33.5 Å². The first-order valence-corrected chi connectivity index (χ1v) is 5.69. The number of benzene rings is 1. The Morgan fingerprint density at radius 3 is 2.73 bits per heavy atom. The number of nitrogen functional groups attached to an aromatic ring is 1. The van der Waals surface area contributed by atoms with Crippen LogP contribution in [0.4, 0.5) is 11.4 Å². The molecule has 0 aliphatic carbocycles. The molecule has 1 unspecified atom stereocenters. The number of nitrogens with two attached hydrogens (primary N) is 1. The number of anilines is 1. The Morgan fingerprint density at radius 2 is 2.27 bits per heavy atom. The average Bonchev–Trinajstić information content (AvgIpc) is 2.11. The average molecular weight is 293 g/mol. The molecule has 0 bridgehead atoms. The first-order chi connectivity index (χ1) is 6.99. The fourth-order valence-electron chi connectivity index (χ4n) is 1.29. The van der Waals surface area contributed by atoms with Crippen molar-refractivity contribution >= 4 is 44.2 Å². The Balaban J connectivity index is 3.42. The van der Waals surface area contributed by atoms with Crippen LogP contribution < -0.4 is 10.1 Å². The van der Waals surface area contributed by atoms with Crippen molar-refractivity contribution in [1.82, 2.24) is 0 Å². The molecule has 3 N–H and O–H groups in total. The van der Waals surface area contributed by atoms with Gasteiger partial charge in [0.15, 0.2) is 0 Å². The van der Waals surface area contributed by atoms with Crippen LogP contribution >= 0.6 is 11.6 Å². The van der Waals surface area contributed by atoms with Gasteiger partial charge in [0.1, 0.15) is 0 Å². The Hall–Kier alpha value is -0.772. The van der Waals surface area contributed by atoms with Crippen molar-refractivity contribution in [2.45, 2.75) is 6.42 Å². The minimum atomic E-state index is -0.524. The number of hydrogen-bond acceptors (Lipinski definition) is 4. The van der Waals surface area contributed by atoms with Crippen LogP contribution in [0.2, 0.25) is 5.02 Å². The van der Waals surface area contributed by atoms with Gasteiger partial charge in [-0.3, -0.25) is 0 Å². The molecule has 0 aliphatic heterocycles. The zero-order valence-electron chi connectivity index (χ0n) is 7.74. The maximum absolute atomic E-state index is 10.7. The normalized spacial score (nSPS) is 10.3. The SMILES string of the molecule is Nc1cc(Cl)c(CCO)c([AsH2])c1[N+](=O)[O-]. The van der Waals surface area contributed by atoms with Crippen LogP contribution in [0.1, 0.15) is 5.56 Å². The molecule has 0 aliphatic rings. The van der Waals surface area contributed by atoms with Gasteiger partial charge < -0.3 is 0 Å². The first kappa shape index (κ1) is 12.3. The van der Waals surface area contributed by atoms with Crippen molar-refractivity contribution in [1.29, 1.82) is 0 Å². The van der Waals surface area contributed by atoms with Gasteiger partial charge in [0.05, 0.1) is 0 Å². The molecule has 1 aromatic rings. The van der Waals surface area contributed by atoms with Gasteiger partial charge >= 0.3 is 99.7 Å². The van der Waals surface area contributed by atoms with E-state index in [2.05, 4.69) is 0 Å². The van der Waals surface area contributed by atoms with Crippen LogP contribution in [0.3, 0.4) is 0 Å². The van der Waals surface area contributed by atoms with Crippen LogP contribution in [0.15, 0.2) is 6.07 Å².